The van der Waals surface area contributed by atoms with Crippen LogP contribution in [-0.2, 0) is 0 Å². The second kappa shape index (κ2) is 4.87. The van der Waals surface area contributed by atoms with Crippen LogP contribution in [0.2, 0.25) is 0 Å². The van der Waals surface area contributed by atoms with Crippen molar-refractivity contribution >= 4 is 17.3 Å². The van der Waals surface area contributed by atoms with Gasteiger partial charge in [-0.05, 0) is 35.7 Å². The maximum Gasteiger partial charge on any atom is 0.132 e. The predicted molar refractivity (Wildman–Crippen MR) is 72.5 cm³/mol. The Hall–Kier alpha value is -2.03. The lowest BCUT2D eigenvalue weighted by Crippen LogP contribution is -1.97. The van der Waals surface area contributed by atoms with Crippen molar-refractivity contribution in [3.05, 3.63) is 48.0 Å². The van der Waals surface area contributed by atoms with Crippen LogP contribution in [0.4, 0.5) is 17.3 Å². The van der Waals surface area contributed by atoms with Crippen LogP contribution >= 0.6 is 0 Å². The molecule has 0 bridgehead atoms. The van der Waals surface area contributed by atoms with Crippen molar-refractivity contribution in [2.45, 2.75) is 19.8 Å². The Bertz CT molecular complexity index is 489. The lowest BCUT2D eigenvalue weighted by molar-refractivity contribution is 0.867. The third kappa shape index (κ3) is 2.97. The maximum atomic E-state index is 5.62. The van der Waals surface area contributed by atoms with Gasteiger partial charge in [0.15, 0.2) is 0 Å². The number of hydrogen-bond donors (Lipinski definition) is 2. The van der Waals surface area contributed by atoms with Crippen molar-refractivity contribution < 1.29 is 0 Å². The van der Waals surface area contributed by atoms with E-state index in [1.54, 1.807) is 6.07 Å². The summed E-state index contributed by atoms with van der Waals surface area (Å²) in [5.41, 5.74) is 7.98. The first-order chi connectivity index (χ1) is 8.15. The van der Waals surface area contributed by atoms with E-state index < -0.39 is 0 Å². The first-order valence-electron chi connectivity index (χ1n) is 5.74. The van der Waals surface area contributed by atoms with Crippen molar-refractivity contribution in [2.75, 3.05) is 11.1 Å². The molecule has 1 aromatic heterocycles. The van der Waals surface area contributed by atoms with Gasteiger partial charge in [0.1, 0.15) is 11.6 Å². The van der Waals surface area contributed by atoms with Crippen molar-refractivity contribution in [1.29, 1.82) is 0 Å². The third-order valence-corrected chi connectivity index (χ3v) is 2.62. The zero-order chi connectivity index (χ0) is 12.3. The van der Waals surface area contributed by atoms with Crippen LogP contribution in [0.5, 0.6) is 0 Å². The molecule has 0 aliphatic carbocycles. The molecule has 3 heteroatoms. The van der Waals surface area contributed by atoms with Crippen LogP contribution in [0.15, 0.2) is 42.5 Å². The van der Waals surface area contributed by atoms with E-state index >= 15 is 0 Å². The third-order valence-electron chi connectivity index (χ3n) is 2.62. The van der Waals surface area contributed by atoms with Gasteiger partial charge in [0, 0.05) is 5.69 Å². The first kappa shape index (κ1) is 11.5. The zero-order valence-corrected chi connectivity index (χ0v) is 10.1. The molecule has 3 N–H and O–H groups in total. The van der Waals surface area contributed by atoms with Gasteiger partial charge in [-0.15, -0.1) is 0 Å². The van der Waals surface area contributed by atoms with E-state index in [1.165, 1.54) is 5.56 Å². The summed E-state index contributed by atoms with van der Waals surface area (Å²) in [5, 5.41) is 3.22. The molecule has 1 heterocycles. The second-order valence-electron chi connectivity index (χ2n) is 4.35. The molecule has 0 unspecified atom stereocenters. The Morgan fingerprint density at radius 1 is 1.06 bits per heavy atom. The van der Waals surface area contributed by atoms with Crippen molar-refractivity contribution in [2.24, 2.45) is 0 Å². The van der Waals surface area contributed by atoms with E-state index in [-0.39, 0.29) is 0 Å². The summed E-state index contributed by atoms with van der Waals surface area (Å²) in [4.78, 5) is 4.19. The van der Waals surface area contributed by atoms with Crippen LogP contribution in [0.25, 0.3) is 0 Å². The van der Waals surface area contributed by atoms with Crippen LogP contribution in [-0.4, -0.2) is 4.98 Å². The molecule has 2 rings (SSSR count). The van der Waals surface area contributed by atoms with E-state index in [0.29, 0.717) is 11.7 Å². The van der Waals surface area contributed by atoms with Crippen molar-refractivity contribution in [1.82, 2.24) is 4.98 Å². The van der Waals surface area contributed by atoms with E-state index in [0.717, 1.165) is 11.5 Å². The van der Waals surface area contributed by atoms with Gasteiger partial charge in [-0.25, -0.2) is 4.98 Å². The molecule has 0 aliphatic heterocycles. The molecule has 0 atom stereocenters. The number of nitrogens with one attached hydrogen (secondary N) is 1. The average molecular weight is 227 g/mol. The molecule has 0 radical (unpaired) electrons. The molecule has 17 heavy (non-hydrogen) atoms. The standard InChI is InChI=1S/C14H17N3/c1-10(2)11-6-8-12(9-7-11)16-14-5-3-4-13(15)17-14/h3-10H,1-2H3,(H3,15,16,17). The lowest BCUT2D eigenvalue weighted by atomic mass is 10.0. The number of nitrogens with zero attached hydrogens (tertiary/aromatic N) is 1. The van der Waals surface area contributed by atoms with Crippen LogP contribution in [0.3, 0.4) is 0 Å². The summed E-state index contributed by atoms with van der Waals surface area (Å²) in [5.74, 6) is 1.84. The molecule has 2 aromatic rings. The minimum absolute atomic E-state index is 0.522. The summed E-state index contributed by atoms with van der Waals surface area (Å²) in [6, 6.07) is 13.9. The molecular weight excluding hydrogens is 210 g/mol. The minimum atomic E-state index is 0.522. The molecule has 3 nitrogen and oxygen atoms in total. The largest absolute Gasteiger partial charge is 0.384 e. The van der Waals surface area contributed by atoms with Crippen molar-refractivity contribution in [3.63, 3.8) is 0 Å². The summed E-state index contributed by atoms with van der Waals surface area (Å²) in [7, 11) is 0. The number of hydrogen-bond acceptors (Lipinski definition) is 3. The molecular formula is C14H17N3. The monoisotopic (exact) mass is 227 g/mol. The molecule has 0 amide bonds. The second-order valence-corrected chi connectivity index (χ2v) is 4.35. The Kier molecular flexibility index (Phi) is 3.28. The number of benzene rings is 1. The van der Waals surface area contributed by atoms with E-state index in [2.05, 4.69) is 48.4 Å². The Morgan fingerprint density at radius 2 is 1.76 bits per heavy atom. The van der Waals surface area contributed by atoms with Gasteiger partial charge in [0.2, 0.25) is 0 Å². The summed E-state index contributed by atoms with van der Waals surface area (Å²) >= 11 is 0. The molecule has 88 valence electrons. The number of pyridine rings is 1. The number of anilines is 3. The summed E-state index contributed by atoms with van der Waals surface area (Å²) < 4.78 is 0. The zero-order valence-electron chi connectivity index (χ0n) is 10.1. The quantitative estimate of drug-likeness (QED) is 0.843. The molecule has 0 fully saturated rings. The van der Waals surface area contributed by atoms with Gasteiger partial charge in [0.25, 0.3) is 0 Å². The smallest absolute Gasteiger partial charge is 0.132 e. The number of nitrogens with two attached hydrogens (primary N) is 1. The van der Waals surface area contributed by atoms with Gasteiger partial charge >= 0.3 is 0 Å². The Balaban J connectivity index is 2.14. The fourth-order valence-electron chi connectivity index (χ4n) is 1.62. The van der Waals surface area contributed by atoms with E-state index in [4.69, 9.17) is 5.73 Å². The fraction of sp³-hybridized carbons (Fsp3) is 0.214. The van der Waals surface area contributed by atoms with Gasteiger partial charge < -0.3 is 11.1 Å². The van der Waals surface area contributed by atoms with Crippen LogP contribution in [0, 0.1) is 0 Å². The van der Waals surface area contributed by atoms with Crippen molar-refractivity contribution in [3.8, 4) is 0 Å². The molecule has 1 aromatic carbocycles. The highest BCUT2D eigenvalue weighted by Gasteiger charge is 2.00. The highest BCUT2D eigenvalue weighted by atomic mass is 15.0. The average Bonchev–Trinajstić information content (AvgIpc) is 2.29. The van der Waals surface area contributed by atoms with Gasteiger partial charge in [-0.3, -0.25) is 0 Å². The molecule has 0 aliphatic rings. The molecule has 0 saturated carbocycles. The Labute approximate surface area is 102 Å². The summed E-state index contributed by atoms with van der Waals surface area (Å²) in [6.45, 7) is 4.36. The van der Waals surface area contributed by atoms with Gasteiger partial charge in [-0.1, -0.05) is 32.0 Å². The minimum Gasteiger partial charge on any atom is -0.384 e. The highest BCUT2D eigenvalue weighted by Crippen LogP contribution is 2.19. The number of aromatic nitrogens is 1. The Morgan fingerprint density at radius 3 is 2.35 bits per heavy atom. The number of nitrogen functional groups attached to an aromatic ring is 1. The SMILES string of the molecule is CC(C)c1ccc(Nc2cccc(N)n2)cc1. The van der Waals surface area contributed by atoms with Crippen LogP contribution in [0.1, 0.15) is 25.3 Å². The van der Waals surface area contributed by atoms with E-state index in [9.17, 15) is 0 Å². The normalized spacial score (nSPS) is 10.5. The predicted octanol–water partition coefficient (Wildman–Crippen LogP) is 3.53. The fourth-order valence-corrected chi connectivity index (χ4v) is 1.62. The highest BCUT2D eigenvalue weighted by molar-refractivity contribution is 5.57. The number of rotatable bonds is 3. The van der Waals surface area contributed by atoms with Gasteiger partial charge in [-0.2, -0.15) is 0 Å². The molecule has 0 spiro atoms. The topological polar surface area (TPSA) is 50.9 Å². The van der Waals surface area contributed by atoms with Gasteiger partial charge in [0.05, 0.1) is 0 Å². The molecule has 0 saturated heterocycles. The lowest BCUT2D eigenvalue weighted by Gasteiger charge is -2.08. The maximum absolute atomic E-state index is 5.62. The van der Waals surface area contributed by atoms with Crippen LogP contribution < -0.4 is 11.1 Å². The first-order valence-corrected chi connectivity index (χ1v) is 5.74. The summed E-state index contributed by atoms with van der Waals surface area (Å²) in [6.07, 6.45) is 0. The van der Waals surface area contributed by atoms with E-state index in [1.807, 2.05) is 12.1 Å².